The summed E-state index contributed by atoms with van der Waals surface area (Å²) in [6.07, 6.45) is 2.15. The van der Waals surface area contributed by atoms with Gasteiger partial charge in [-0.2, -0.15) is 0 Å². The first-order chi connectivity index (χ1) is 10.4. The van der Waals surface area contributed by atoms with Gasteiger partial charge in [0.25, 0.3) is 0 Å². The Morgan fingerprint density at radius 3 is 2.14 bits per heavy atom. The van der Waals surface area contributed by atoms with Crippen LogP contribution < -0.4 is 0 Å². The predicted octanol–water partition coefficient (Wildman–Crippen LogP) is 3.51. The first kappa shape index (κ1) is 14.4. The molecule has 0 bridgehead atoms. The molecule has 2 nitrogen and oxygen atoms in total. The maximum absolute atomic E-state index is 5.44. The predicted molar refractivity (Wildman–Crippen MR) is 90.3 cm³/mol. The molecule has 0 spiro atoms. The van der Waals surface area contributed by atoms with Gasteiger partial charge in [-0.1, -0.05) is 54.2 Å². The summed E-state index contributed by atoms with van der Waals surface area (Å²) in [6.45, 7) is 3.62. The topological polar surface area (TPSA) is 12.2 Å². The second kappa shape index (κ2) is 6.92. The fraction of sp³-hybridized carbons (Fsp3) is 0.278. The summed E-state index contributed by atoms with van der Waals surface area (Å²) in [5.74, 6) is 0. The SMILES string of the molecule is CSC(c1ccc(-c2ccccc2)cc1)=[N+]1CCOCC1. The lowest BCUT2D eigenvalue weighted by molar-refractivity contribution is -0.546. The highest BCUT2D eigenvalue weighted by atomic mass is 32.2. The highest BCUT2D eigenvalue weighted by Gasteiger charge is 2.19. The summed E-state index contributed by atoms with van der Waals surface area (Å²) in [5, 5.41) is 1.35. The van der Waals surface area contributed by atoms with Crippen LogP contribution >= 0.6 is 11.8 Å². The molecule has 0 radical (unpaired) electrons. The third kappa shape index (κ3) is 3.36. The van der Waals surface area contributed by atoms with Crippen molar-refractivity contribution in [2.45, 2.75) is 0 Å². The van der Waals surface area contributed by atoms with Gasteiger partial charge in [-0.15, -0.1) is 0 Å². The van der Waals surface area contributed by atoms with Gasteiger partial charge in [-0.3, -0.25) is 0 Å². The maximum Gasteiger partial charge on any atom is 0.241 e. The molecule has 1 saturated heterocycles. The van der Waals surface area contributed by atoms with Crippen molar-refractivity contribution in [1.29, 1.82) is 0 Å². The van der Waals surface area contributed by atoms with Crippen LogP contribution in [0.4, 0.5) is 0 Å². The third-order valence-electron chi connectivity index (χ3n) is 3.73. The molecule has 1 fully saturated rings. The first-order valence-corrected chi connectivity index (χ1v) is 8.50. The smallest absolute Gasteiger partial charge is 0.241 e. The highest BCUT2D eigenvalue weighted by Crippen LogP contribution is 2.21. The molecule has 1 aliphatic heterocycles. The normalized spacial score (nSPS) is 15.0. The minimum absolute atomic E-state index is 0.826. The lowest BCUT2D eigenvalue weighted by Crippen LogP contribution is -2.32. The van der Waals surface area contributed by atoms with Gasteiger partial charge >= 0.3 is 0 Å². The van der Waals surface area contributed by atoms with E-state index in [-0.39, 0.29) is 0 Å². The lowest BCUT2D eigenvalue weighted by atomic mass is 10.0. The molecule has 3 rings (SSSR count). The van der Waals surface area contributed by atoms with Crippen molar-refractivity contribution in [1.82, 2.24) is 0 Å². The molecule has 3 heteroatoms. The second-order valence-electron chi connectivity index (χ2n) is 5.05. The number of rotatable bonds is 2. The Morgan fingerprint density at radius 1 is 0.905 bits per heavy atom. The molecule has 0 atom stereocenters. The van der Waals surface area contributed by atoms with Crippen LogP contribution in [-0.4, -0.2) is 42.2 Å². The Labute approximate surface area is 130 Å². The number of nitrogens with zero attached hydrogens (tertiary/aromatic N) is 1. The fourth-order valence-electron chi connectivity index (χ4n) is 2.63. The molecule has 2 aromatic carbocycles. The van der Waals surface area contributed by atoms with Crippen LogP contribution in [0.15, 0.2) is 54.6 Å². The van der Waals surface area contributed by atoms with E-state index in [9.17, 15) is 0 Å². The number of thioether (sulfide) groups is 1. The third-order valence-corrected chi connectivity index (χ3v) is 4.61. The molecule has 0 amide bonds. The maximum atomic E-state index is 5.44. The minimum atomic E-state index is 0.826. The van der Waals surface area contributed by atoms with Crippen LogP contribution in [0, 0.1) is 0 Å². The Morgan fingerprint density at radius 2 is 1.52 bits per heavy atom. The number of hydrogen-bond acceptors (Lipinski definition) is 2. The zero-order valence-electron chi connectivity index (χ0n) is 12.3. The van der Waals surface area contributed by atoms with Crippen molar-refractivity contribution in [2.24, 2.45) is 0 Å². The van der Waals surface area contributed by atoms with E-state index in [0.29, 0.717) is 0 Å². The van der Waals surface area contributed by atoms with Crippen LogP contribution in [0.3, 0.4) is 0 Å². The van der Waals surface area contributed by atoms with Gasteiger partial charge in [0.2, 0.25) is 5.04 Å². The van der Waals surface area contributed by atoms with Crippen molar-refractivity contribution in [3.05, 3.63) is 60.2 Å². The molecule has 1 aliphatic rings. The molecule has 0 unspecified atom stereocenters. The van der Waals surface area contributed by atoms with Gasteiger partial charge in [-0.25, -0.2) is 4.58 Å². The quantitative estimate of drug-likeness (QED) is 0.621. The van der Waals surface area contributed by atoms with Crippen LogP contribution in [0.1, 0.15) is 5.56 Å². The van der Waals surface area contributed by atoms with Gasteiger partial charge in [0, 0.05) is 0 Å². The summed E-state index contributed by atoms with van der Waals surface area (Å²) < 4.78 is 7.87. The molecule has 0 aromatic heterocycles. The average Bonchev–Trinajstić information content (AvgIpc) is 2.58. The molecule has 21 heavy (non-hydrogen) atoms. The fourth-order valence-corrected chi connectivity index (χ4v) is 3.44. The van der Waals surface area contributed by atoms with Crippen molar-refractivity contribution in [3.8, 4) is 11.1 Å². The first-order valence-electron chi connectivity index (χ1n) is 7.28. The van der Waals surface area contributed by atoms with E-state index < -0.39 is 0 Å². The summed E-state index contributed by atoms with van der Waals surface area (Å²) in [5.41, 5.74) is 3.83. The highest BCUT2D eigenvalue weighted by molar-refractivity contribution is 8.13. The van der Waals surface area contributed by atoms with E-state index in [0.717, 1.165) is 26.3 Å². The standard InChI is InChI=1S/C18H20NOS/c1-21-18(19-11-13-20-14-12-19)17-9-7-16(8-10-17)15-5-3-2-4-6-15/h2-10H,11-14H2,1H3/q+1. The second-order valence-corrected chi connectivity index (χ2v) is 5.85. The number of morpholine rings is 1. The van der Waals surface area contributed by atoms with Crippen molar-refractivity contribution < 1.29 is 9.31 Å². The summed E-state index contributed by atoms with van der Waals surface area (Å²) in [7, 11) is 0. The Balaban J connectivity index is 1.89. The number of ether oxygens (including phenoxy) is 1. The van der Waals surface area contributed by atoms with Gasteiger partial charge < -0.3 is 4.74 Å². The van der Waals surface area contributed by atoms with Crippen LogP contribution in [0.25, 0.3) is 11.1 Å². The minimum Gasteiger partial charge on any atom is -0.368 e. The summed E-state index contributed by atoms with van der Waals surface area (Å²) in [6, 6.07) is 19.4. The Kier molecular flexibility index (Phi) is 4.73. The molecular formula is C18H20NOS+. The molecule has 108 valence electrons. The monoisotopic (exact) mass is 298 g/mol. The van der Waals surface area contributed by atoms with Crippen molar-refractivity contribution in [2.75, 3.05) is 32.6 Å². The van der Waals surface area contributed by atoms with Gasteiger partial charge in [0.05, 0.1) is 5.56 Å². The summed E-state index contributed by atoms with van der Waals surface area (Å²) >= 11 is 1.82. The van der Waals surface area contributed by atoms with E-state index in [1.807, 2.05) is 11.8 Å². The molecule has 2 aromatic rings. The lowest BCUT2D eigenvalue weighted by Gasteiger charge is -2.14. The number of hydrogen-bond donors (Lipinski definition) is 0. The number of benzene rings is 2. The zero-order valence-corrected chi connectivity index (χ0v) is 13.1. The molecule has 0 aliphatic carbocycles. The van der Waals surface area contributed by atoms with E-state index in [2.05, 4.69) is 65.4 Å². The molecule has 0 saturated carbocycles. The molecular weight excluding hydrogens is 278 g/mol. The Bertz CT molecular complexity index is 611. The van der Waals surface area contributed by atoms with Crippen molar-refractivity contribution >= 4 is 16.8 Å². The van der Waals surface area contributed by atoms with Gasteiger partial charge in [0.15, 0.2) is 13.1 Å². The van der Waals surface area contributed by atoms with E-state index in [1.54, 1.807) is 0 Å². The van der Waals surface area contributed by atoms with Crippen molar-refractivity contribution in [3.63, 3.8) is 0 Å². The van der Waals surface area contributed by atoms with E-state index >= 15 is 0 Å². The van der Waals surface area contributed by atoms with Gasteiger partial charge in [0.1, 0.15) is 13.2 Å². The molecule has 1 heterocycles. The van der Waals surface area contributed by atoms with Crippen LogP contribution in [-0.2, 0) is 4.74 Å². The average molecular weight is 298 g/mol. The van der Waals surface area contributed by atoms with E-state index in [1.165, 1.54) is 21.7 Å². The Hall–Kier alpha value is -1.58. The van der Waals surface area contributed by atoms with E-state index in [4.69, 9.17) is 4.74 Å². The van der Waals surface area contributed by atoms with Crippen LogP contribution in [0.2, 0.25) is 0 Å². The zero-order chi connectivity index (χ0) is 14.5. The molecule has 0 N–H and O–H groups in total. The largest absolute Gasteiger partial charge is 0.368 e. The van der Waals surface area contributed by atoms with Gasteiger partial charge in [-0.05, 0) is 29.5 Å². The summed E-state index contributed by atoms with van der Waals surface area (Å²) in [4.78, 5) is 0. The van der Waals surface area contributed by atoms with Crippen LogP contribution in [0.5, 0.6) is 0 Å².